The number of ether oxygens (including phenoxy) is 1. The minimum Gasteiger partial charge on any atom is -0.508 e. The van der Waals surface area contributed by atoms with Crippen LogP contribution in [0.2, 0.25) is 0 Å². The van der Waals surface area contributed by atoms with Crippen LogP contribution < -0.4 is 5.32 Å². The molecular weight excluding hydrogens is 372 g/mol. The number of imidazole rings is 1. The van der Waals surface area contributed by atoms with Crippen LogP contribution in [0.4, 0.5) is 10.6 Å². The van der Waals surface area contributed by atoms with Gasteiger partial charge in [0, 0.05) is 25.2 Å². The summed E-state index contributed by atoms with van der Waals surface area (Å²) < 4.78 is 7.21. The van der Waals surface area contributed by atoms with E-state index in [1.54, 1.807) is 46.4 Å². The maximum absolute atomic E-state index is 12.2. The Kier molecular flexibility index (Phi) is 4.73. The topological polar surface area (TPSA) is 105 Å². The number of hydrogen-bond acceptors (Lipinski definition) is 7. The highest BCUT2D eigenvalue weighted by molar-refractivity contribution is 5.78. The van der Waals surface area contributed by atoms with Gasteiger partial charge in [0.2, 0.25) is 0 Å². The van der Waals surface area contributed by atoms with Crippen molar-refractivity contribution in [3.63, 3.8) is 0 Å². The smallest absolute Gasteiger partial charge is 0.410 e. The first-order valence-electron chi connectivity index (χ1n) is 9.51. The molecule has 9 nitrogen and oxygen atoms in total. The molecule has 3 heterocycles. The SMILES string of the molecule is CC(C)(C)OC(=O)N1CCC(Nc2cncc(-n3cnc4ccc(O)cc43)n2)C1. The summed E-state index contributed by atoms with van der Waals surface area (Å²) in [7, 11) is 0. The molecule has 1 amide bonds. The van der Waals surface area contributed by atoms with Gasteiger partial charge in [-0.15, -0.1) is 0 Å². The van der Waals surface area contributed by atoms with Crippen molar-refractivity contribution in [1.82, 2.24) is 24.4 Å². The number of phenolic OH excluding ortho intramolecular Hbond substituents is 1. The minimum absolute atomic E-state index is 0.0654. The van der Waals surface area contributed by atoms with Crippen molar-refractivity contribution < 1.29 is 14.6 Å². The summed E-state index contributed by atoms with van der Waals surface area (Å²) in [6.45, 7) is 6.75. The number of hydrogen-bond donors (Lipinski definition) is 2. The van der Waals surface area contributed by atoms with Crippen molar-refractivity contribution in [1.29, 1.82) is 0 Å². The molecule has 3 aromatic rings. The maximum atomic E-state index is 12.2. The van der Waals surface area contributed by atoms with Crippen LogP contribution >= 0.6 is 0 Å². The number of rotatable bonds is 3. The molecule has 0 saturated carbocycles. The zero-order chi connectivity index (χ0) is 20.6. The van der Waals surface area contributed by atoms with Gasteiger partial charge in [0.05, 0.1) is 23.4 Å². The number of aromatic nitrogens is 4. The summed E-state index contributed by atoms with van der Waals surface area (Å²) in [4.78, 5) is 27.2. The number of amides is 1. The molecule has 1 aliphatic rings. The Labute approximate surface area is 168 Å². The first-order chi connectivity index (χ1) is 13.8. The van der Waals surface area contributed by atoms with Crippen LogP contribution in [-0.4, -0.2) is 60.4 Å². The van der Waals surface area contributed by atoms with Crippen molar-refractivity contribution in [2.75, 3.05) is 18.4 Å². The van der Waals surface area contributed by atoms with Crippen LogP contribution in [0.25, 0.3) is 16.9 Å². The molecule has 1 unspecified atom stereocenters. The van der Waals surface area contributed by atoms with Crippen LogP contribution in [0, 0.1) is 0 Å². The predicted molar refractivity (Wildman–Crippen MR) is 108 cm³/mol. The summed E-state index contributed by atoms with van der Waals surface area (Å²) in [6.07, 6.45) is 5.44. The summed E-state index contributed by atoms with van der Waals surface area (Å²) >= 11 is 0. The average molecular weight is 396 g/mol. The molecule has 0 radical (unpaired) electrons. The number of benzene rings is 1. The third-order valence-electron chi connectivity index (χ3n) is 4.59. The molecule has 1 fully saturated rings. The maximum Gasteiger partial charge on any atom is 0.410 e. The van der Waals surface area contributed by atoms with E-state index in [1.807, 2.05) is 20.8 Å². The number of nitrogens with one attached hydrogen (secondary N) is 1. The average Bonchev–Trinajstić information content (AvgIpc) is 3.27. The van der Waals surface area contributed by atoms with E-state index in [4.69, 9.17) is 4.74 Å². The molecule has 2 N–H and O–H groups in total. The number of carbonyl (C=O) groups excluding carboxylic acids is 1. The molecule has 2 aromatic heterocycles. The molecule has 4 rings (SSSR count). The number of carbonyl (C=O) groups is 1. The molecule has 0 bridgehead atoms. The van der Waals surface area contributed by atoms with E-state index in [0.29, 0.717) is 24.7 Å². The summed E-state index contributed by atoms with van der Waals surface area (Å²) in [5.41, 5.74) is 0.991. The van der Waals surface area contributed by atoms with E-state index < -0.39 is 5.60 Å². The van der Waals surface area contributed by atoms with Crippen LogP contribution in [-0.2, 0) is 4.74 Å². The van der Waals surface area contributed by atoms with Crippen molar-refractivity contribution in [2.45, 2.75) is 38.8 Å². The lowest BCUT2D eigenvalue weighted by molar-refractivity contribution is 0.0293. The molecule has 1 aliphatic heterocycles. The van der Waals surface area contributed by atoms with Crippen LogP contribution in [0.3, 0.4) is 0 Å². The molecule has 29 heavy (non-hydrogen) atoms. The van der Waals surface area contributed by atoms with Gasteiger partial charge >= 0.3 is 6.09 Å². The summed E-state index contributed by atoms with van der Waals surface area (Å²) in [5, 5.41) is 13.1. The van der Waals surface area contributed by atoms with E-state index >= 15 is 0 Å². The van der Waals surface area contributed by atoms with Gasteiger partial charge < -0.3 is 20.1 Å². The zero-order valence-corrected chi connectivity index (χ0v) is 16.7. The molecule has 1 aromatic carbocycles. The quantitative estimate of drug-likeness (QED) is 0.701. The minimum atomic E-state index is -0.510. The van der Waals surface area contributed by atoms with Crippen molar-refractivity contribution in [2.24, 2.45) is 0 Å². The van der Waals surface area contributed by atoms with Crippen molar-refractivity contribution in [3.05, 3.63) is 36.9 Å². The Morgan fingerprint density at radius 3 is 2.93 bits per heavy atom. The fraction of sp³-hybridized carbons (Fsp3) is 0.400. The number of anilines is 1. The first kappa shape index (κ1) is 19.0. The molecular formula is C20H24N6O3. The standard InChI is InChI=1S/C20H24N6O3/c1-20(2,3)29-19(28)25-7-6-13(11-25)23-17-9-21-10-18(24-17)26-12-22-15-5-4-14(27)8-16(15)26/h4-5,8-10,12-13,27H,6-7,11H2,1-3H3,(H,23,24). The van der Waals surface area contributed by atoms with Crippen LogP contribution in [0.5, 0.6) is 5.75 Å². The van der Waals surface area contributed by atoms with Gasteiger partial charge in [0.25, 0.3) is 0 Å². The Bertz CT molecular complexity index is 1040. The lowest BCUT2D eigenvalue weighted by Gasteiger charge is -2.24. The van der Waals surface area contributed by atoms with Gasteiger partial charge in [-0.25, -0.2) is 14.8 Å². The highest BCUT2D eigenvalue weighted by Crippen LogP contribution is 2.22. The van der Waals surface area contributed by atoms with E-state index in [1.165, 1.54) is 0 Å². The lowest BCUT2D eigenvalue weighted by atomic mass is 10.2. The Morgan fingerprint density at radius 2 is 2.14 bits per heavy atom. The predicted octanol–water partition coefficient (Wildman–Crippen LogP) is 2.94. The van der Waals surface area contributed by atoms with Gasteiger partial charge in [-0.05, 0) is 39.3 Å². The second-order valence-corrected chi connectivity index (χ2v) is 8.11. The fourth-order valence-corrected chi connectivity index (χ4v) is 3.30. The molecule has 0 spiro atoms. The molecule has 0 aliphatic carbocycles. The lowest BCUT2D eigenvalue weighted by Crippen LogP contribution is -2.36. The Hall–Kier alpha value is -3.36. The third-order valence-corrected chi connectivity index (χ3v) is 4.59. The molecule has 9 heteroatoms. The second-order valence-electron chi connectivity index (χ2n) is 8.11. The van der Waals surface area contributed by atoms with E-state index in [-0.39, 0.29) is 17.9 Å². The van der Waals surface area contributed by atoms with Crippen LogP contribution in [0.15, 0.2) is 36.9 Å². The number of likely N-dealkylation sites (tertiary alicyclic amines) is 1. The molecule has 1 saturated heterocycles. The number of phenols is 1. The number of aromatic hydroxyl groups is 1. The second kappa shape index (κ2) is 7.23. The number of fused-ring (bicyclic) bond motifs is 1. The van der Waals surface area contributed by atoms with E-state index in [0.717, 1.165) is 17.5 Å². The Morgan fingerprint density at radius 1 is 1.31 bits per heavy atom. The summed E-state index contributed by atoms with van der Waals surface area (Å²) in [6, 6.07) is 5.05. The van der Waals surface area contributed by atoms with E-state index in [9.17, 15) is 9.90 Å². The third kappa shape index (κ3) is 4.23. The first-order valence-corrected chi connectivity index (χ1v) is 9.51. The highest BCUT2D eigenvalue weighted by atomic mass is 16.6. The normalized spacial score (nSPS) is 16.9. The highest BCUT2D eigenvalue weighted by Gasteiger charge is 2.30. The molecule has 1 atom stereocenters. The van der Waals surface area contributed by atoms with Gasteiger partial charge in [-0.1, -0.05) is 0 Å². The Balaban J connectivity index is 1.47. The fourth-order valence-electron chi connectivity index (χ4n) is 3.30. The van der Waals surface area contributed by atoms with Crippen molar-refractivity contribution in [3.8, 4) is 11.6 Å². The van der Waals surface area contributed by atoms with Crippen molar-refractivity contribution >= 4 is 22.9 Å². The van der Waals surface area contributed by atoms with E-state index in [2.05, 4.69) is 20.3 Å². The monoisotopic (exact) mass is 396 g/mol. The van der Waals surface area contributed by atoms with Crippen LogP contribution in [0.1, 0.15) is 27.2 Å². The largest absolute Gasteiger partial charge is 0.508 e. The summed E-state index contributed by atoms with van der Waals surface area (Å²) in [5.74, 6) is 1.36. The van der Waals surface area contributed by atoms with Gasteiger partial charge in [-0.3, -0.25) is 9.55 Å². The molecule has 152 valence electrons. The number of nitrogens with zero attached hydrogens (tertiary/aromatic N) is 5. The van der Waals surface area contributed by atoms with Gasteiger partial charge in [0.1, 0.15) is 23.5 Å². The van der Waals surface area contributed by atoms with Gasteiger partial charge in [-0.2, -0.15) is 0 Å². The van der Waals surface area contributed by atoms with Gasteiger partial charge in [0.15, 0.2) is 5.82 Å². The zero-order valence-electron chi connectivity index (χ0n) is 16.7.